The van der Waals surface area contributed by atoms with Gasteiger partial charge in [0.15, 0.2) is 0 Å². The molecule has 0 aliphatic heterocycles. The quantitative estimate of drug-likeness (QED) is 0.231. The molecular weight excluding hydrogens is 528 g/mol. The summed E-state index contributed by atoms with van der Waals surface area (Å²) in [5.41, 5.74) is 7.18. The molecule has 0 unspecified atom stereocenters. The summed E-state index contributed by atoms with van der Waals surface area (Å²) < 4.78 is 8.10. The first-order valence-corrected chi connectivity index (χ1v) is 14.2. The number of carbonyl (C=O) groups is 3. The maximum atomic E-state index is 13.4. The highest BCUT2D eigenvalue weighted by Gasteiger charge is 2.40. The van der Waals surface area contributed by atoms with Crippen LogP contribution in [0, 0.1) is 6.92 Å². The van der Waals surface area contributed by atoms with Gasteiger partial charge in [0.1, 0.15) is 17.2 Å². The SMILES string of the molecule is Cc1c(CNc2ccc(NC(=O)c3ccc4nccn4c3)cc2)oc2c1C(=O)C(=O)c1c-2ccc2c1CCCC2(C)C. The molecule has 2 aliphatic carbocycles. The largest absolute Gasteiger partial charge is 0.458 e. The molecule has 42 heavy (non-hydrogen) atoms. The van der Waals surface area contributed by atoms with Crippen molar-refractivity contribution in [3.63, 3.8) is 0 Å². The Morgan fingerprint density at radius 1 is 1.00 bits per heavy atom. The van der Waals surface area contributed by atoms with Crippen LogP contribution in [-0.4, -0.2) is 26.9 Å². The summed E-state index contributed by atoms with van der Waals surface area (Å²) in [5, 5.41) is 6.25. The highest BCUT2D eigenvalue weighted by Crippen LogP contribution is 2.45. The first-order chi connectivity index (χ1) is 20.2. The topological polar surface area (TPSA) is 106 Å². The summed E-state index contributed by atoms with van der Waals surface area (Å²) in [6.45, 7) is 6.56. The molecule has 0 fully saturated rings. The lowest BCUT2D eigenvalue weighted by molar-refractivity contribution is 0.0813. The highest BCUT2D eigenvalue weighted by molar-refractivity contribution is 6.53. The molecule has 7 rings (SSSR count). The summed E-state index contributed by atoms with van der Waals surface area (Å²) in [7, 11) is 0. The van der Waals surface area contributed by atoms with Crippen molar-refractivity contribution in [2.75, 3.05) is 10.6 Å². The molecule has 3 aromatic heterocycles. The van der Waals surface area contributed by atoms with Crippen LogP contribution in [0.25, 0.3) is 17.0 Å². The van der Waals surface area contributed by atoms with Crippen molar-refractivity contribution in [1.82, 2.24) is 9.38 Å². The molecule has 210 valence electrons. The molecule has 1 amide bonds. The Labute approximate surface area is 242 Å². The third kappa shape index (κ3) is 4.13. The number of aromatic nitrogens is 2. The number of nitrogens with one attached hydrogen (secondary N) is 2. The number of amides is 1. The first kappa shape index (κ1) is 26.0. The minimum Gasteiger partial charge on any atom is -0.458 e. The van der Waals surface area contributed by atoms with Crippen molar-refractivity contribution in [3.8, 4) is 11.3 Å². The second kappa shape index (κ2) is 9.55. The number of nitrogens with zero attached hydrogens (tertiary/aromatic N) is 2. The number of pyridine rings is 1. The minimum absolute atomic E-state index is 0.0342. The van der Waals surface area contributed by atoms with Gasteiger partial charge in [0.25, 0.3) is 5.91 Å². The van der Waals surface area contributed by atoms with Crippen LogP contribution < -0.4 is 10.6 Å². The molecular formula is C34H30N4O4. The third-order valence-corrected chi connectivity index (χ3v) is 8.67. The maximum Gasteiger partial charge on any atom is 0.257 e. The van der Waals surface area contributed by atoms with Gasteiger partial charge in [-0.3, -0.25) is 14.4 Å². The Bertz CT molecular complexity index is 1930. The molecule has 3 heterocycles. The Morgan fingerprint density at radius 2 is 1.76 bits per heavy atom. The Hall–Kier alpha value is -4.98. The van der Waals surface area contributed by atoms with Gasteiger partial charge in [-0.2, -0.15) is 0 Å². The van der Waals surface area contributed by atoms with E-state index in [4.69, 9.17) is 4.42 Å². The number of furan rings is 1. The summed E-state index contributed by atoms with van der Waals surface area (Å²) >= 11 is 0. The van der Waals surface area contributed by atoms with E-state index in [1.807, 2.05) is 37.3 Å². The Kier molecular flexibility index (Phi) is 5.90. The van der Waals surface area contributed by atoms with Crippen molar-refractivity contribution >= 4 is 34.5 Å². The van der Waals surface area contributed by atoms with Crippen LogP contribution >= 0.6 is 0 Å². The first-order valence-electron chi connectivity index (χ1n) is 14.2. The molecule has 8 heteroatoms. The fraction of sp³-hybridized carbons (Fsp3) is 0.235. The predicted octanol–water partition coefficient (Wildman–Crippen LogP) is 6.76. The van der Waals surface area contributed by atoms with E-state index in [2.05, 4.69) is 35.5 Å². The van der Waals surface area contributed by atoms with Crippen LogP contribution in [0.1, 0.15) is 80.2 Å². The number of ketones is 2. The monoisotopic (exact) mass is 558 g/mol. The van der Waals surface area contributed by atoms with Crippen molar-refractivity contribution < 1.29 is 18.8 Å². The fourth-order valence-corrected chi connectivity index (χ4v) is 6.36. The van der Waals surface area contributed by atoms with Crippen LogP contribution in [0.4, 0.5) is 11.4 Å². The highest BCUT2D eigenvalue weighted by atomic mass is 16.3. The van der Waals surface area contributed by atoms with E-state index in [-0.39, 0.29) is 11.3 Å². The molecule has 2 N–H and O–H groups in total. The summed E-state index contributed by atoms with van der Waals surface area (Å²) in [4.78, 5) is 43.7. The van der Waals surface area contributed by atoms with Crippen molar-refractivity contribution in [3.05, 3.63) is 106 Å². The van der Waals surface area contributed by atoms with Crippen LogP contribution in [0.5, 0.6) is 0 Å². The summed E-state index contributed by atoms with van der Waals surface area (Å²) in [5.74, 6) is -0.0409. The molecule has 0 radical (unpaired) electrons. The molecule has 0 spiro atoms. The Morgan fingerprint density at radius 3 is 2.57 bits per heavy atom. The number of fused-ring (bicyclic) bond motifs is 6. The van der Waals surface area contributed by atoms with Gasteiger partial charge in [-0.1, -0.05) is 26.0 Å². The second-order valence-electron chi connectivity index (χ2n) is 11.8. The van der Waals surface area contributed by atoms with E-state index in [1.54, 1.807) is 35.1 Å². The molecule has 2 aliphatic rings. The molecule has 5 aromatic rings. The van der Waals surface area contributed by atoms with Crippen LogP contribution in [0.3, 0.4) is 0 Å². The van der Waals surface area contributed by atoms with E-state index in [1.165, 1.54) is 0 Å². The van der Waals surface area contributed by atoms with Gasteiger partial charge in [-0.05, 0) is 79.1 Å². The zero-order valence-corrected chi connectivity index (χ0v) is 23.7. The van der Waals surface area contributed by atoms with Gasteiger partial charge in [0.2, 0.25) is 11.6 Å². The smallest absolute Gasteiger partial charge is 0.257 e. The van der Waals surface area contributed by atoms with E-state index in [0.717, 1.165) is 41.7 Å². The maximum absolute atomic E-state index is 13.4. The zero-order chi connectivity index (χ0) is 29.2. The molecule has 0 saturated carbocycles. The zero-order valence-electron chi connectivity index (χ0n) is 23.7. The lowest BCUT2D eigenvalue weighted by Gasteiger charge is -2.34. The van der Waals surface area contributed by atoms with Crippen molar-refractivity contribution in [2.24, 2.45) is 0 Å². The lowest BCUT2D eigenvalue weighted by atomic mass is 9.69. The van der Waals surface area contributed by atoms with Crippen molar-refractivity contribution in [2.45, 2.75) is 52.0 Å². The number of anilines is 2. The number of hydrogen-bond donors (Lipinski definition) is 2. The van der Waals surface area contributed by atoms with Gasteiger partial charge in [0, 0.05) is 46.7 Å². The van der Waals surface area contributed by atoms with Gasteiger partial charge >= 0.3 is 0 Å². The number of carbonyl (C=O) groups excluding carboxylic acids is 3. The number of hydrogen-bond acceptors (Lipinski definition) is 6. The molecule has 2 aromatic carbocycles. The summed E-state index contributed by atoms with van der Waals surface area (Å²) in [6.07, 6.45) is 8.06. The number of rotatable bonds is 5. The third-order valence-electron chi connectivity index (χ3n) is 8.67. The van der Waals surface area contributed by atoms with Crippen LogP contribution in [0.15, 0.2) is 71.5 Å². The van der Waals surface area contributed by atoms with E-state index in [0.29, 0.717) is 51.6 Å². The van der Waals surface area contributed by atoms with E-state index in [9.17, 15) is 14.4 Å². The molecule has 8 nitrogen and oxygen atoms in total. The number of imidazole rings is 1. The van der Waals surface area contributed by atoms with Gasteiger partial charge in [0.05, 0.1) is 17.7 Å². The summed E-state index contributed by atoms with van der Waals surface area (Å²) in [6, 6.07) is 15.0. The van der Waals surface area contributed by atoms with E-state index >= 15 is 0 Å². The van der Waals surface area contributed by atoms with E-state index < -0.39 is 11.6 Å². The fourth-order valence-electron chi connectivity index (χ4n) is 6.36. The molecule has 0 bridgehead atoms. The number of Topliss-reactive ketones (excluding diaryl/α,β-unsaturated/α-hetero) is 2. The molecule has 0 atom stereocenters. The van der Waals surface area contributed by atoms with Gasteiger partial charge in [-0.25, -0.2) is 4.98 Å². The average Bonchev–Trinajstić information content (AvgIpc) is 3.58. The van der Waals surface area contributed by atoms with Crippen LogP contribution in [-0.2, 0) is 18.4 Å². The van der Waals surface area contributed by atoms with Crippen molar-refractivity contribution in [1.29, 1.82) is 0 Å². The normalized spacial score (nSPS) is 15.2. The molecule has 0 saturated heterocycles. The average molecular weight is 559 g/mol. The standard InChI is InChI=1S/C34H30N4O4/c1-19-26(17-36-21-7-9-22(10-8-21)37-33(41)20-6-13-27-35-15-16-38(27)18-20)42-32-24-11-12-25-23(5-4-14-34(25,2)3)29(24)31(40)30(39)28(19)32/h6-13,15-16,18,36H,4-5,14,17H2,1-3H3,(H,37,41). The second-order valence-corrected chi connectivity index (χ2v) is 11.8. The van der Waals surface area contributed by atoms with Crippen LogP contribution in [0.2, 0.25) is 0 Å². The Balaban J connectivity index is 1.10. The predicted molar refractivity (Wildman–Crippen MR) is 160 cm³/mol. The van der Waals surface area contributed by atoms with Gasteiger partial charge in [-0.15, -0.1) is 0 Å². The van der Waals surface area contributed by atoms with Gasteiger partial charge < -0.3 is 19.5 Å². The lowest BCUT2D eigenvalue weighted by Crippen LogP contribution is -2.29. The number of benzene rings is 2. The minimum atomic E-state index is -0.492.